The third kappa shape index (κ3) is 14.0. The Balaban J connectivity index is 3.23. The van der Waals surface area contributed by atoms with Gasteiger partial charge in [-0.15, -0.1) is 6.58 Å². The first-order valence-electron chi connectivity index (χ1n) is 8.12. The molecule has 0 unspecified atom stereocenters. The van der Waals surface area contributed by atoms with Crippen molar-refractivity contribution in [1.82, 2.24) is 0 Å². The van der Waals surface area contributed by atoms with Gasteiger partial charge < -0.3 is 0 Å². The Kier molecular flexibility index (Phi) is 10.8. The number of rotatable bonds is 12. The average molecular weight is 269 g/mol. The van der Waals surface area contributed by atoms with Gasteiger partial charge in [-0.3, -0.25) is 0 Å². The minimum Gasteiger partial charge on any atom is -0.100 e. The van der Waals surface area contributed by atoms with Crippen LogP contribution in [0.5, 0.6) is 0 Å². The van der Waals surface area contributed by atoms with E-state index < -0.39 is 8.07 Å². The number of unbranched alkanes of at least 4 members (excludes halogenated alkanes) is 8. The number of hydrogen-bond donors (Lipinski definition) is 0. The summed E-state index contributed by atoms with van der Waals surface area (Å²) in [7, 11) is -0.914. The lowest BCUT2D eigenvalue weighted by Crippen LogP contribution is -2.19. The van der Waals surface area contributed by atoms with Crippen LogP contribution in [0.1, 0.15) is 71.1 Å². The zero-order chi connectivity index (χ0) is 13.9. The fourth-order valence-corrected chi connectivity index (χ4v) is 4.20. The predicted molar refractivity (Wildman–Crippen MR) is 89.1 cm³/mol. The van der Waals surface area contributed by atoms with Gasteiger partial charge >= 0.3 is 0 Å². The molecule has 0 N–H and O–H groups in total. The van der Waals surface area contributed by atoms with Gasteiger partial charge in [0, 0.05) is 8.07 Å². The molecule has 1 heteroatoms. The summed E-state index contributed by atoms with van der Waals surface area (Å²) >= 11 is 0. The van der Waals surface area contributed by atoms with Crippen molar-refractivity contribution < 1.29 is 0 Å². The molecular formula is C17H36Si. The molecule has 0 aromatic rings. The Morgan fingerprint density at radius 3 is 1.67 bits per heavy atom. The zero-order valence-electron chi connectivity index (χ0n) is 13.5. The van der Waals surface area contributed by atoms with Gasteiger partial charge in [-0.2, -0.15) is 0 Å². The smallest absolute Gasteiger partial charge is 0.0483 e. The maximum absolute atomic E-state index is 4.24. The molecule has 0 atom stereocenters. The normalized spacial score (nSPS) is 11.8. The van der Waals surface area contributed by atoms with Crippen LogP contribution in [0.4, 0.5) is 0 Å². The lowest BCUT2D eigenvalue weighted by molar-refractivity contribution is 0.564. The maximum Gasteiger partial charge on any atom is 0.0483 e. The van der Waals surface area contributed by atoms with E-state index in [4.69, 9.17) is 0 Å². The van der Waals surface area contributed by atoms with Crippen molar-refractivity contribution in [2.45, 2.75) is 96.8 Å². The van der Waals surface area contributed by atoms with Crippen molar-refractivity contribution in [3.63, 3.8) is 0 Å². The molecule has 0 aromatic carbocycles. The second-order valence-corrected chi connectivity index (χ2v) is 12.5. The minimum absolute atomic E-state index is 0.914. The molecule has 0 spiro atoms. The highest BCUT2D eigenvalue weighted by atomic mass is 28.3. The highest BCUT2D eigenvalue weighted by molar-refractivity contribution is 6.76. The standard InChI is InChI=1S/C17H36Si/c1-6-7-8-9-10-11-12-13-14-15-17(2)16-18(3,4)5/h2,6-16H2,1,3-5H3. The fraction of sp³-hybridized carbons (Fsp3) is 0.882. The molecule has 0 amide bonds. The molecule has 0 aliphatic carbocycles. The Labute approximate surface area is 117 Å². The van der Waals surface area contributed by atoms with E-state index in [2.05, 4.69) is 33.1 Å². The van der Waals surface area contributed by atoms with Crippen molar-refractivity contribution in [2.75, 3.05) is 0 Å². The first kappa shape index (κ1) is 18.0. The van der Waals surface area contributed by atoms with E-state index in [1.54, 1.807) is 0 Å². The second-order valence-electron chi connectivity index (χ2n) is 7.07. The Bertz CT molecular complexity index is 200. The molecular weight excluding hydrogens is 232 g/mol. The Morgan fingerprint density at radius 2 is 1.22 bits per heavy atom. The van der Waals surface area contributed by atoms with Crippen LogP contribution in [-0.2, 0) is 0 Å². The van der Waals surface area contributed by atoms with Crippen molar-refractivity contribution in [1.29, 1.82) is 0 Å². The van der Waals surface area contributed by atoms with E-state index in [1.165, 1.54) is 75.8 Å². The topological polar surface area (TPSA) is 0 Å². The third-order valence-corrected chi connectivity index (χ3v) is 4.97. The molecule has 0 heterocycles. The van der Waals surface area contributed by atoms with E-state index in [0.717, 1.165) is 0 Å². The average Bonchev–Trinajstić information content (AvgIpc) is 2.24. The molecule has 0 aliphatic rings. The molecule has 18 heavy (non-hydrogen) atoms. The zero-order valence-corrected chi connectivity index (χ0v) is 14.5. The summed E-state index contributed by atoms with van der Waals surface area (Å²) in [5.41, 5.74) is 1.51. The van der Waals surface area contributed by atoms with Crippen LogP contribution in [0.2, 0.25) is 25.7 Å². The van der Waals surface area contributed by atoms with E-state index in [9.17, 15) is 0 Å². The highest BCUT2D eigenvalue weighted by Crippen LogP contribution is 2.20. The molecule has 0 saturated heterocycles. The highest BCUT2D eigenvalue weighted by Gasteiger charge is 2.13. The van der Waals surface area contributed by atoms with E-state index in [1.807, 2.05) is 0 Å². The van der Waals surface area contributed by atoms with Gasteiger partial charge in [-0.1, -0.05) is 83.5 Å². The molecule has 0 rings (SSSR count). The largest absolute Gasteiger partial charge is 0.100 e. The molecule has 0 nitrogen and oxygen atoms in total. The molecule has 0 fully saturated rings. The first-order chi connectivity index (χ1) is 8.45. The van der Waals surface area contributed by atoms with E-state index in [-0.39, 0.29) is 0 Å². The summed E-state index contributed by atoms with van der Waals surface area (Å²) in [4.78, 5) is 0. The van der Waals surface area contributed by atoms with Crippen molar-refractivity contribution >= 4 is 8.07 Å². The van der Waals surface area contributed by atoms with Gasteiger partial charge in [-0.05, 0) is 18.9 Å². The first-order valence-corrected chi connectivity index (χ1v) is 11.8. The fourth-order valence-electron chi connectivity index (χ4n) is 2.52. The number of allylic oxidation sites excluding steroid dienone is 1. The predicted octanol–water partition coefficient (Wildman–Crippen LogP) is 6.80. The van der Waals surface area contributed by atoms with E-state index >= 15 is 0 Å². The van der Waals surface area contributed by atoms with Crippen LogP contribution in [0, 0.1) is 0 Å². The van der Waals surface area contributed by atoms with Gasteiger partial charge in [-0.25, -0.2) is 0 Å². The van der Waals surface area contributed by atoms with Gasteiger partial charge in [0.1, 0.15) is 0 Å². The molecule has 108 valence electrons. The Hall–Kier alpha value is -0.0431. The molecule has 0 aromatic heterocycles. The SMILES string of the molecule is C=C(CCCCCCCCCCC)C[Si](C)(C)C. The van der Waals surface area contributed by atoms with Gasteiger partial charge in [0.25, 0.3) is 0 Å². The summed E-state index contributed by atoms with van der Waals surface area (Å²) < 4.78 is 0. The third-order valence-electron chi connectivity index (χ3n) is 3.41. The van der Waals surface area contributed by atoms with Crippen molar-refractivity contribution in [2.24, 2.45) is 0 Å². The molecule has 0 aliphatic heterocycles. The lowest BCUT2D eigenvalue weighted by Gasteiger charge is -2.17. The number of hydrogen-bond acceptors (Lipinski definition) is 0. The van der Waals surface area contributed by atoms with Crippen LogP contribution in [0.15, 0.2) is 12.2 Å². The molecule has 0 radical (unpaired) electrons. The quantitative estimate of drug-likeness (QED) is 0.207. The Morgan fingerprint density at radius 1 is 0.778 bits per heavy atom. The van der Waals surface area contributed by atoms with Crippen LogP contribution in [0.3, 0.4) is 0 Å². The van der Waals surface area contributed by atoms with Crippen molar-refractivity contribution in [3.05, 3.63) is 12.2 Å². The van der Waals surface area contributed by atoms with Gasteiger partial charge in [0.05, 0.1) is 0 Å². The second kappa shape index (κ2) is 10.8. The summed E-state index contributed by atoms with van der Waals surface area (Å²) in [6.45, 7) is 13.8. The summed E-state index contributed by atoms with van der Waals surface area (Å²) in [5, 5.41) is 0. The molecule has 0 saturated carbocycles. The van der Waals surface area contributed by atoms with E-state index in [0.29, 0.717) is 0 Å². The van der Waals surface area contributed by atoms with Crippen LogP contribution < -0.4 is 0 Å². The lowest BCUT2D eigenvalue weighted by atomic mass is 10.1. The van der Waals surface area contributed by atoms with Crippen molar-refractivity contribution in [3.8, 4) is 0 Å². The summed E-state index contributed by atoms with van der Waals surface area (Å²) in [6, 6.07) is 1.32. The van der Waals surface area contributed by atoms with Crippen LogP contribution in [-0.4, -0.2) is 8.07 Å². The maximum atomic E-state index is 4.24. The summed E-state index contributed by atoms with van der Waals surface area (Å²) in [6.07, 6.45) is 14.1. The minimum atomic E-state index is -0.914. The van der Waals surface area contributed by atoms with Gasteiger partial charge in [0.15, 0.2) is 0 Å². The monoisotopic (exact) mass is 268 g/mol. The van der Waals surface area contributed by atoms with Crippen LogP contribution >= 0.6 is 0 Å². The summed E-state index contributed by atoms with van der Waals surface area (Å²) in [5.74, 6) is 0. The van der Waals surface area contributed by atoms with Gasteiger partial charge in [0.2, 0.25) is 0 Å². The molecule has 0 bridgehead atoms. The van der Waals surface area contributed by atoms with Crippen LogP contribution in [0.25, 0.3) is 0 Å².